The number of rotatable bonds is 6. The summed E-state index contributed by atoms with van der Waals surface area (Å²) in [4.78, 5) is 16.5. The second kappa shape index (κ2) is 7.87. The molecule has 1 aromatic carbocycles. The van der Waals surface area contributed by atoms with Crippen LogP contribution in [0.1, 0.15) is 16.1 Å². The number of halogens is 1. The molecule has 0 bridgehead atoms. The number of pyridine rings is 1. The molecule has 26 heavy (non-hydrogen) atoms. The molecule has 0 atom stereocenters. The number of nitriles is 2. The van der Waals surface area contributed by atoms with E-state index in [2.05, 4.69) is 18.1 Å². The quantitative estimate of drug-likeness (QED) is 0.582. The molecule has 0 aliphatic carbocycles. The summed E-state index contributed by atoms with van der Waals surface area (Å²) in [6.45, 7) is 7.30. The molecular weight excluding hydrogens is 333 g/mol. The molecule has 0 unspecified atom stereocenters. The zero-order chi connectivity index (χ0) is 19.3. The number of benzene rings is 1. The van der Waals surface area contributed by atoms with Gasteiger partial charge >= 0.3 is 0 Å². The average Bonchev–Trinajstić information content (AvgIpc) is 2.66. The fourth-order valence-corrected chi connectivity index (χ4v) is 2.42. The number of Topliss-reactive ketones (excluding diaryl/α,β-unsaturated/α-hetero) is 1. The maximum atomic E-state index is 15.0. The Balaban J connectivity index is 2.80. The van der Waals surface area contributed by atoms with Gasteiger partial charge in [0, 0.05) is 11.5 Å². The number of ether oxygens (including phenoxy) is 1. The van der Waals surface area contributed by atoms with Crippen LogP contribution in [0.25, 0.3) is 16.5 Å². The molecule has 0 N–H and O–H groups in total. The zero-order valence-electron chi connectivity index (χ0n) is 14.0. The van der Waals surface area contributed by atoms with Gasteiger partial charge in [-0.1, -0.05) is 31.4 Å². The summed E-state index contributed by atoms with van der Waals surface area (Å²) in [6, 6.07) is 7.41. The number of ketones is 1. The van der Waals surface area contributed by atoms with Gasteiger partial charge in [0.1, 0.15) is 11.3 Å². The third kappa shape index (κ3) is 3.22. The number of hydrogen-bond acceptors (Lipinski definition) is 5. The number of aromatic nitrogens is 1. The minimum absolute atomic E-state index is 0.100. The van der Waals surface area contributed by atoms with Gasteiger partial charge < -0.3 is 4.74 Å². The summed E-state index contributed by atoms with van der Waals surface area (Å²) < 4.78 is 20.3. The molecule has 0 aliphatic rings. The molecule has 1 aromatic heterocycles. The van der Waals surface area contributed by atoms with Crippen LogP contribution < -0.4 is 4.74 Å². The van der Waals surface area contributed by atoms with Gasteiger partial charge in [0.05, 0.1) is 30.5 Å². The third-order valence-corrected chi connectivity index (χ3v) is 3.70. The van der Waals surface area contributed by atoms with E-state index in [9.17, 15) is 9.18 Å². The smallest absolute Gasteiger partial charge is 0.197 e. The lowest BCUT2D eigenvalue weighted by molar-refractivity contribution is 0.0967. The number of carbonyl (C=O) groups is 1. The predicted octanol–water partition coefficient (Wildman–Crippen LogP) is 3.98. The summed E-state index contributed by atoms with van der Waals surface area (Å²) in [5.74, 6) is -3.05. The Kier molecular flexibility index (Phi) is 5.62. The van der Waals surface area contributed by atoms with Gasteiger partial charge in [-0.15, -0.1) is 0 Å². The first-order valence-corrected chi connectivity index (χ1v) is 7.48. The van der Waals surface area contributed by atoms with Crippen molar-refractivity contribution in [3.8, 4) is 17.9 Å². The van der Waals surface area contributed by atoms with Crippen molar-refractivity contribution >= 4 is 22.3 Å². The molecule has 0 spiro atoms. The Labute approximate surface area is 150 Å². The maximum Gasteiger partial charge on any atom is 0.197 e. The third-order valence-electron chi connectivity index (χ3n) is 3.70. The molecule has 0 fully saturated rings. The Hall–Kier alpha value is -3.77. The van der Waals surface area contributed by atoms with E-state index >= 15 is 0 Å². The van der Waals surface area contributed by atoms with Crippen LogP contribution >= 0.6 is 0 Å². The zero-order valence-corrected chi connectivity index (χ0v) is 14.0. The molecule has 2 aromatic rings. The van der Waals surface area contributed by atoms with Crippen LogP contribution in [0, 0.1) is 34.4 Å². The van der Waals surface area contributed by atoms with Crippen LogP contribution in [0.2, 0.25) is 0 Å². The van der Waals surface area contributed by atoms with Crippen molar-refractivity contribution in [3.63, 3.8) is 0 Å². The maximum absolute atomic E-state index is 15.0. The number of hydrogen-bond donors (Lipinski definition) is 0. The fourth-order valence-electron chi connectivity index (χ4n) is 2.42. The number of allylic oxidation sites excluding steroid dienone is 4. The highest BCUT2D eigenvalue weighted by Crippen LogP contribution is 2.31. The SMILES string of the molecule is C=C/C=C(\C=C)c1cc(OC)c2ccc(C(=O)C(C#N)C#N)c(F)c2n1. The van der Waals surface area contributed by atoms with Crippen molar-refractivity contribution in [1.29, 1.82) is 10.5 Å². The van der Waals surface area contributed by atoms with E-state index in [1.54, 1.807) is 24.3 Å². The Morgan fingerprint density at radius 3 is 2.58 bits per heavy atom. The number of carbonyl (C=O) groups excluding carboxylic acids is 1. The van der Waals surface area contributed by atoms with E-state index in [-0.39, 0.29) is 11.1 Å². The van der Waals surface area contributed by atoms with Crippen LogP contribution in [-0.4, -0.2) is 17.9 Å². The van der Waals surface area contributed by atoms with Gasteiger partial charge in [-0.05, 0) is 17.7 Å². The summed E-state index contributed by atoms with van der Waals surface area (Å²) in [5, 5.41) is 18.1. The molecule has 128 valence electrons. The highest BCUT2D eigenvalue weighted by atomic mass is 19.1. The molecular formula is C20H14FN3O2. The van der Waals surface area contributed by atoms with Crippen molar-refractivity contribution in [3.05, 3.63) is 66.7 Å². The highest BCUT2D eigenvalue weighted by molar-refractivity contribution is 6.04. The van der Waals surface area contributed by atoms with Crippen molar-refractivity contribution in [2.75, 3.05) is 7.11 Å². The van der Waals surface area contributed by atoms with Gasteiger partial charge in [-0.2, -0.15) is 10.5 Å². The summed E-state index contributed by atoms with van der Waals surface area (Å²) in [6.07, 6.45) is 4.72. The minimum atomic E-state index is -1.59. The Morgan fingerprint density at radius 2 is 2.04 bits per heavy atom. The lowest BCUT2D eigenvalue weighted by atomic mass is 9.97. The van der Waals surface area contributed by atoms with Crippen molar-refractivity contribution < 1.29 is 13.9 Å². The van der Waals surface area contributed by atoms with Crippen molar-refractivity contribution in [2.45, 2.75) is 0 Å². The normalized spacial score (nSPS) is 10.9. The molecule has 0 amide bonds. The van der Waals surface area contributed by atoms with Crippen LogP contribution in [0.15, 0.2) is 49.6 Å². The van der Waals surface area contributed by atoms with Gasteiger partial charge in [0.25, 0.3) is 0 Å². The van der Waals surface area contributed by atoms with Crippen molar-refractivity contribution in [2.24, 2.45) is 5.92 Å². The second-order valence-corrected chi connectivity index (χ2v) is 5.15. The lowest BCUT2D eigenvalue weighted by Gasteiger charge is -2.11. The molecule has 2 rings (SSSR count). The van der Waals surface area contributed by atoms with Gasteiger partial charge in [-0.3, -0.25) is 4.79 Å². The molecule has 5 nitrogen and oxygen atoms in total. The second-order valence-electron chi connectivity index (χ2n) is 5.15. The minimum Gasteiger partial charge on any atom is -0.496 e. The first kappa shape index (κ1) is 18.6. The van der Waals surface area contributed by atoms with E-state index < -0.39 is 17.5 Å². The van der Waals surface area contributed by atoms with Gasteiger partial charge in [0.15, 0.2) is 17.5 Å². The van der Waals surface area contributed by atoms with E-state index in [0.717, 1.165) is 0 Å². The first-order chi connectivity index (χ1) is 12.5. The standard InChI is InChI=1S/C20H14FN3O2/c1-4-6-12(5-2)16-9-17(26-3)14-7-8-15(18(21)19(14)24-16)20(25)13(10-22)11-23/h4-9,13H,1-2H2,3H3/b12-6+. The predicted molar refractivity (Wildman–Crippen MR) is 95.7 cm³/mol. The van der Waals surface area contributed by atoms with Crippen LogP contribution in [0.5, 0.6) is 5.75 Å². The Bertz CT molecular complexity index is 1010. The molecule has 6 heteroatoms. The highest BCUT2D eigenvalue weighted by Gasteiger charge is 2.25. The topological polar surface area (TPSA) is 86.8 Å². The van der Waals surface area contributed by atoms with Crippen LogP contribution in [0.4, 0.5) is 4.39 Å². The molecule has 0 aliphatic heterocycles. The van der Waals surface area contributed by atoms with Crippen LogP contribution in [0.3, 0.4) is 0 Å². The largest absolute Gasteiger partial charge is 0.496 e. The van der Waals surface area contributed by atoms with E-state index in [0.29, 0.717) is 22.4 Å². The van der Waals surface area contributed by atoms with E-state index in [4.69, 9.17) is 15.3 Å². The molecule has 0 saturated heterocycles. The number of fused-ring (bicyclic) bond motifs is 1. The Morgan fingerprint density at radius 1 is 1.35 bits per heavy atom. The van der Waals surface area contributed by atoms with Crippen LogP contribution in [-0.2, 0) is 0 Å². The van der Waals surface area contributed by atoms with Gasteiger partial charge in [0.2, 0.25) is 0 Å². The van der Waals surface area contributed by atoms with Gasteiger partial charge in [-0.25, -0.2) is 9.37 Å². The van der Waals surface area contributed by atoms with Crippen molar-refractivity contribution in [1.82, 2.24) is 4.98 Å². The first-order valence-electron chi connectivity index (χ1n) is 7.48. The number of nitrogens with zero attached hydrogens (tertiary/aromatic N) is 3. The van der Waals surface area contributed by atoms with E-state index in [1.165, 1.54) is 31.4 Å². The molecule has 1 heterocycles. The lowest BCUT2D eigenvalue weighted by Crippen LogP contribution is -2.13. The summed E-state index contributed by atoms with van der Waals surface area (Å²) >= 11 is 0. The summed E-state index contributed by atoms with van der Waals surface area (Å²) in [7, 11) is 1.43. The van der Waals surface area contributed by atoms with E-state index in [1.807, 2.05) is 0 Å². The fraction of sp³-hybridized carbons (Fsp3) is 0.100. The number of methoxy groups -OCH3 is 1. The molecule has 0 saturated carbocycles. The monoisotopic (exact) mass is 347 g/mol. The summed E-state index contributed by atoms with van der Waals surface area (Å²) in [5.41, 5.74) is 0.495. The molecule has 0 radical (unpaired) electrons. The average molecular weight is 347 g/mol.